The molecule has 0 aromatic carbocycles. The van der Waals surface area contributed by atoms with Crippen molar-refractivity contribution in [1.82, 2.24) is 10.8 Å². The number of rotatable bonds is 6. The van der Waals surface area contributed by atoms with Crippen LogP contribution in [-0.4, -0.2) is 46.7 Å². The number of hydrogen-bond donors (Lipinski definition) is 5. The van der Waals surface area contributed by atoms with E-state index in [4.69, 9.17) is 16.0 Å². The molecule has 21 heavy (non-hydrogen) atoms. The lowest BCUT2D eigenvalue weighted by Gasteiger charge is -2.20. The van der Waals surface area contributed by atoms with Gasteiger partial charge in [-0.25, -0.2) is 0 Å². The molecule has 2 unspecified atom stereocenters. The molecule has 1 fully saturated rings. The lowest BCUT2D eigenvalue weighted by Crippen LogP contribution is -2.49. The van der Waals surface area contributed by atoms with Gasteiger partial charge in [0.15, 0.2) is 0 Å². The minimum absolute atomic E-state index is 0.0357. The third-order valence-corrected chi connectivity index (χ3v) is 3.87. The van der Waals surface area contributed by atoms with Gasteiger partial charge in [-0.3, -0.25) is 25.3 Å². The van der Waals surface area contributed by atoms with Crippen LogP contribution in [0.25, 0.3) is 0 Å². The SMILES string of the molecule is CC(=NCC1CCC([C@H](N)C(=O)N[C@@H](C)C(=O)O)C1)NO. The van der Waals surface area contributed by atoms with Gasteiger partial charge in [0.2, 0.25) is 5.91 Å². The van der Waals surface area contributed by atoms with Gasteiger partial charge in [0.1, 0.15) is 11.9 Å². The van der Waals surface area contributed by atoms with Crippen LogP contribution in [0.4, 0.5) is 0 Å². The largest absolute Gasteiger partial charge is 0.480 e. The quantitative estimate of drug-likeness (QED) is 0.260. The lowest BCUT2D eigenvalue weighted by atomic mass is 9.96. The van der Waals surface area contributed by atoms with Gasteiger partial charge in [0.25, 0.3) is 0 Å². The van der Waals surface area contributed by atoms with Gasteiger partial charge in [0.05, 0.1) is 6.04 Å². The highest BCUT2D eigenvalue weighted by molar-refractivity contribution is 5.86. The van der Waals surface area contributed by atoms with Crippen LogP contribution in [0.1, 0.15) is 33.1 Å². The van der Waals surface area contributed by atoms with Crippen LogP contribution in [-0.2, 0) is 9.59 Å². The summed E-state index contributed by atoms with van der Waals surface area (Å²) in [6.45, 7) is 3.65. The summed E-state index contributed by atoms with van der Waals surface area (Å²) in [6, 6.07) is -1.64. The Morgan fingerprint density at radius 1 is 1.43 bits per heavy atom. The molecule has 0 spiro atoms. The van der Waals surface area contributed by atoms with E-state index in [1.165, 1.54) is 6.92 Å². The predicted molar refractivity (Wildman–Crippen MR) is 76.9 cm³/mol. The molecule has 0 aromatic rings. The van der Waals surface area contributed by atoms with Gasteiger partial charge in [-0.2, -0.15) is 0 Å². The van der Waals surface area contributed by atoms with E-state index >= 15 is 0 Å². The van der Waals surface area contributed by atoms with E-state index in [0.717, 1.165) is 19.3 Å². The Balaban J connectivity index is 2.44. The molecule has 1 aliphatic rings. The molecular formula is C13H24N4O4. The third kappa shape index (κ3) is 5.31. The standard InChI is InChI=1S/C13H24N4O4/c1-7(13(19)20)16-12(18)11(14)10-4-3-9(5-10)6-15-8(2)17-21/h7,9-11,21H,3-6,14H2,1-2H3,(H,15,17)(H,16,18)(H,19,20)/t7-,9?,10?,11-/m0/s1. The molecule has 0 saturated heterocycles. The number of nitrogens with one attached hydrogen (secondary N) is 2. The summed E-state index contributed by atoms with van der Waals surface area (Å²) in [4.78, 5) is 26.8. The zero-order valence-electron chi connectivity index (χ0n) is 12.4. The summed E-state index contributed by atoms with van der Waals surface area (Å²) < 4.78 is 0. The maximum atomic E-state index is 11.9. The molecule has 120 valence electrons. The fourth-order valence-corrected chi connectivity index (χ4v) is 2.49. The molecule has 1 amide bonds. The Morgan fingerprint density at radius 3 is 2.67 bits per heavy atom. The normalized spacial score (nSPS) is 25.2. The van der Waals surface area contributed by atoms with E-state index in [1.54, 1.807) is 6.92 Å². The molecule has 0 aliphatic heterocycles. The maximum Gasteiger partial charge on any atom is 0.325 e. The summed E-state index contributed by atoms with van der Waals surface area (Å²) in [5.74, 6) is -0.688. The van der Waals surface area contributed by atoms with Crippen molar-refractivity contribution in [2.45, 2.75) is 45.2 Å². The van der Waals surface area contributed by atoms with Crippen LogP contribution < -0.4 is 16.5 Å². The summed E-state index contributed by atoms with van der Waals surface area (Å²) >= 11 is 0. The van der Waals surface area contributed by atoms with E-state index in [0.29, 0.717) is 18.3 Å². The van der Waals surface area contributed by atoms with Crippen molar-refractivity contribution in [3.8, 4) is 0 Å². The average molecular weight is 300 g/mol. The fourth-order valence-electron chi connectivity index (χ4n) is 2.49. The molecular weight excluding hydrogens is 276 g/mol. The van der Waals surface area contributed by atoms with Crippen molar-refractivity contribution in [2.24, 2.45) is 22.6 Å². The van der Waals surface area contributed by atoms with Crippen molar-refractivity contribution in [1.29, 1.82) is 0 Å². The van der Waals surface area contributed by atoms with Crippen molar-refractivity contribution >= 4 is 17.7 Å². The number of carboxylic acids is 1. The number of amides is 1. The Labute approximate surface area is 123 Å². The van der Waals surface area contributed by atoms with Gasteiger partial charge in [-0.1, -0.05) is 0 Å². The Kier molecular flexibility index (Phi) is 6.57. The van der Waals surface area contributed by atoms with E-state index in [1.807, 2.05) is 5.48 Å². The van der Waals surface area contributed by atoms with Gasteiger partial charge in [-0.05, 0) is 44.9 Å². The van der Waals surface area contributed by atoms with Gasteiger partial charge in [0, 0.05) is 6.54 Å². The summed E-state index contributed by atoms with van der Waals surface area (Å²) in [6.07, 6.45) is 2.52. The second-order valence-corrected chi connectivity index (χ2v) is 5.57. The van der Waals surface area contributed by atoms with Crippen LogP contribution in [0.5, 0.6) is 0 Å². The molecule has 1 saturated carbocycles. The molecule has 8 nitrogen and oxygen atoms in total. The first kappa shape index (κ1) is 17.4. The first-order valence-electron chi connectivity index (χ1n) is 7.05. The topological polar surface area (TPSA) is 137 Å². The molecule has 0 bridgehead atoms. The highest BCUT2D eigenvalue weighted by Gasteiger charge is 2.33. The molecule has 0 aromatic heterocycles. The van der Waals surface area contributed by atoms with Crippen molar-refractivity contribution < 1.29 is 19.9 Å². The van der Waals surface area contributed by atoms with Crippen LogP contribution in [0.15, 0.2) is 4.99 Å². The van der Waals surface area contributed by atoms with Crippen LogP contribution in [0.2, 0.25) is 0 Å². The number of carbonyl (C=O) groups excluding carboxylic acids is 1. The van der Waals surface area contributed by atoms with Crippen LogP contribution in [0, 0.1) is 11.8 Å². The zero-order chi connectivity index (χ0) is 16.0. The van der Waals surface area contributed by atoms with E-state index in [2.05, 4.69) is 10.3 Å². The molecule has 6 N–H and O–H groups in total. The van der Waals surface area contributed by atoms with Crippen molar-refractivity contribution in [3.05, 3.63) is 0 Å². The zero-order valence-corrected chi connectivity index (χ0v) is 12.4. The predicted octanol–water partition coefficient (Wildman–Crippen LogP) is -0.283. The van der Waals surface area contributed by atoms with Crippen molar-refractivity contribution in [3.63, 3.8) is 0 Å². The summed E-state index contributed by atoms with van der Waals surface area (Å²) in [5.41, 5.74) is 7.90. The number of nitrogens with zero attached hydrogens (tertiary/aromatic N) is 1. The Bertz CT molecular complexity index is 413. The number of aliphatic carboxylic acids is 1. The second-order valence-electron chi connectivity index (χ2n) is 5.57. The first-order valence-corrected chi connectivity index (χ1v) is 7.05. The summed E-state index contributed by atoms with van der Waals surface area (Å²) in [5, 5.41) is 19.8. The van der Waals surface area contributed by atoms with E-state index in [9.17, 15) is 9.59 Å². The minimum atomic E-state index is -1.08. The van der Waals surface area contributed by atoms with Crippen molar-refractivity contribution in [2.75, 3.05) is 6.54 Å². The molecule has 0 radical (unpaired) electrons. The first-order chi connectivity index (χ1) is 9.85. The van der Waals surface area contributed by atoms with E-state index in [-0.39, 0.29) is 5.92 Å². The third-order valence-electron chi connectivity index (χ3n) is 3.87. The smallest absolute Gasteiger partial charge is 0.325 e. The number of carboxylic acid groups (broad SMARTS) is 1. The maximum absolute atomic E-state index is 11.9. The molecule has 0 heterocycles. The number of nitrogens with two attached hydrogens (primary N) is 1. The molecule has 1 aliphatic carbocycles. The van der Waals surface area contributed by atoms with E-state index < -0.39 is 24.0 Å². The highest BCUT2D eigenvalue weighted by Crippen LogP contribution is 2.32. The number of aliphatic imine (C=N–C) groups is 1. The van der Waals surface area contributed by atoms with Gasteiger partial charge >= 0.3 is 5.97 Å². The lowest BCUT2D eigenvalue weighted by molar-refractivity contribution is -0.141. The number of amidine groups is 1. The monoisotopic (exact) mass is 300 g/mol. The number of hydrogen-bond acceptors (Lipinski definition) is 5. The second kappa shape index (κ2) is 7.94. The van der Waals surface area contributed by atoms with Gasteiger partial charge in [-0.15, -0.1) is 0 Å². The van der Waals surface area contributed by atoms with Gasteiger partial charge < -0.3 is 16.2 Å². The van der Waals surface area contributed by atoms with Crippen LogP contribution >= 0.6 is 0 Å². The number of carbonyl (C=O) groups is 2. The average Bonchev–Trinajstić information content (AvgIpc) is 2.92. The summed E-state index contributed by atoms with van der Waals surface area (Å²) in [7, 11) is 0. The highest BCUT2D eigenvalue weighted by atomic mass is 16.5. The minimum Gasteiger partial charge on any atom is -0.480 e. The Hall–Kier alpha value is -1.67. The fraction of sp³-hybridized carbons (Fsp3) is 0.769. The molecule has 1 rings (SSSR count). The van der Waals surface area contributed by atoms with Crippen LogP contribution in [0.3, 0.4) is 0 Å². The number of hydroxylamine groups is 1. The Morgan fingerprint density at radius 2 is 2.10 bits per heavy atom. The molecule has 8 heteroatoms. The molecule has 4 atom stereocenters.